The van der Waals surface area contributed by atoms with E-state index in [0.29, 0.717) is 11.8 Å². The highest BCUT2D eigenvalue weighted by Crippen LogP contribution is 2.27. The number of nitrogens with one attached hydrogen (secondary N) is 1. The van der Waals surface area contributed by atoms with E-state index in [0.717, 1.165) is 36.8 Å². The molecule has 1 saturated carbocycles. The van der Waals surface area contributed by atoms with Crippen LogP contribution in [0.5, 0.6) is 11.8 Å². The number of aryl methyl sites for hydroxylation is 2. The van der Waals surface area contributed by atoms with E-state index in [4.69, 9.17) is 9.47 Å². The van der Waals surface area contributed by atoms with E-state index in [-0.39, 0.29) is 18.1 Å². The molecule has 1 aromatic heterocycles. The van der Waals surface area contributed by atoms with Gasteiger partial charge in [0.2, 0.25) is 0 Å². The molecule has 0 radical (unpaired) electrons. The quantitative estimate of drug-likeness (QED) is 0.891. The Morgan fingerprint density at radius 1 is 1.04 bits per heavy atom. The zero-order valence-corrected chi connectivity index (χ0v) is 15.5. The zero-order chi connectivity index (χ0) is 18.5. The van der Waals surface area contributed by atoms with Crippen molar-refractivity contribution in [3.05, 3.63) is 47.3 Å². The highest BCUT2D eigenvalue weighted by atomic mass is 16.5. The zero-order valence-electron chi connectivity index (χ0n) is 15.5. The third-order valence-corrected chi connectivity index (χ3v) is 4.88. The van der Waals surface area contributed by atoms with Crippen molar-refractivity contribution >= 4 is 5.91 Å². The second-order valence-corrected chi connectivity index (χ2v) is 6.73. The number of methoxy groups -OCH3 is 1. The SMILES string of the molecule is COc1nccnc1OC1CCC(NC(=O)c2ccc(C)c(C)c2)CC1. The molecular weight excluding hydrogens is 330 g/mol. The van der Waals surface area contributed by atoms with Crippen LogP contribution in [0.15, 0.2) is 30.6 Å². The molecule has 1 aliphatic rings. The van der Waals surface area contributed by atoms with Crippen LogP contribution in [0.4, 0.5) is 0 Å². The Morgan fingerprint density at radius 3 is 2.38 bits per heavy atom. The topological polar surface area (TPSA) is 73.3 Å². The Kier molecular flexibility index (Phi) is 5.71. The molecule has 0 spiro atoms. The standard InChI is InChI=1S/C20H25N3O3/c1-13-4-5-15(12-14(13)2)18(24)23-16-6-8-17(9-7-16)26-20-19(25-3)21-10-11-22-20/h4-5,10-12,16-17H,6-9H2,1-3H3,(H,23,24). The van der Waals surface area contributed by atoms with E-state index < -0.39 is 0 Å². The van der Waals surface area contributed by atoms with Gasteiger partial charge in [-0.25, -0.2) is 9.97 Å². The van der Waals surface area contributed by atoms with Crippen LogP contribution in [-0.2, 0) is 0 Å². The molecule has 1 N–H and O–H groups in total. The van der Waals surface area contributed by atoms with E-state index in [2.05, 4.69) is 15.3 Å². The number of ether oxygens (including phenoxy) is 2. The van der Waals surface area contributed by atoms with Crippen molar-refractivity contribution in [2.24, 2.45) is 0 Å². The number of amides is 1. The van der Waals surface area contributed by atoms with Crippen molar-refractivity contribution in [2.75, 3.05) is 7.11 Å². The number of aromatic nitrogens is 2. The van der Waals surface area contributed by atoms with Crippen LogP contribution in [-0.4, -0.2) is 35.1 Å². The van der Waals surface area contributed by atoms with Crippen molar-refractivity contribution in [1.29, 1.82) is 0 Å². The molecule has 0 aliphatic heterocycles. The van der Waals surface area contributed by atoms with Crippen LogP contribution in [0.3, 0.4) is 0 Å². The molecular formula is C20H25N3O3. The summed E-state index contributed by atoms with van der Waals surface area (Å²) in [5.74, 6) is 0.823. The monoisotopic (exact) mass is 355 g/mol. The highest BCUT2D eigenvalue weighted by molar-refractivity contribution is 5.94. The van der Waals surface area contributed by atoms with Crippen molar-refractivity contribution in [2.45, 2.75) is 51.7 Å². The molecule has 1 aliphatic carbocycles. The van der Waals surface area contributed by atoms with Gasteiger partial charge in [-0.1, -0.05) is 6.07 Å². The third kappa shape index (κ3) is 4.31. The van der Waals surface area contributed by atoms with Gasteiger partial charge in [-0.3, -0.25) is 4.79 Å². The summed E-state index contributed by atoms with van der Waals surface area (Å²) >= 11 is 0. The van der Waals surface area contributed by atoms with Crippen LogP contribution < -0.4 is 14.8 Å². The smallest absolute Gasteiger partial charge is 0.278 e. The first-order valence-corrected chi connectivity index (χ1v) is 8.96. The first-order valence-electron chi connectivity index (χ1n) is 8.96. The molecule has 2 aromatic rings. The van der Waals surface area contributed by atoms with Crippen LogP contribution in [0.1, 0.15) is 47.2 Å². The third-order valence-electron chi connectivity index (χ3n) is 4.88. The number of carbonyl (C=O) groups excluding carboxylic acids is 1. The fourth-order valence-electron chi connectivity index (χ4n) is 3.17. The average molecular weight is 355 g/mol. The van der Waals surface area contributed by atoms with E-state index in [1.165, 1.54) is 5.56 Å². The van der Waals surface area contributed by atoms with Gasteiger partial charge >= 0.3 is 0 Å². The molecule has 26 heavy (non-hydrogen) atoms. The van der Waals surface area contributed by atoms with Crippen molar-refractivity contribution < 1.29 is 14.3 Å². The fourth-order valence-corrected chi connectivity index (χ4v) is 3.17. The van der Waals surface area contributed by atoms with Crippen LogP contribution in [0.25, 0.3) is 0 Å². The number of hydrogen-bond acceptors (Lipinski definition) is 5. The molecule has 3 rings (SSSR count). The second kappa shape index (κ2) is 8.17. The molecule has 0 atom stereocenters. The number of hydrogen-bond donors (Lipinski definition) is 1. The Morgan fingerprint density at radius 2 is 1.73 bits per heavy atom. The van der Waals surface area contributed by atoms with E-state index >= 15 is 0 Å². The summed E-state index contributed by atoms with van der Waals surface area (Å²) in [4.78, 5) is 20.7. The molecule has 0 unspecified atom stereocenters. The summed E-state index contributed by atoms with van der Waals surface area (Å²) in [6, 6.07) is 5.99. The van der Waals surface area contributed by atoms with Gasteiger partial charge < -0.3 is 14.8 Å². The Bertz CT molecular complexity index is 771. The number of rotatable bonds is 5. The molecule has 1 fully saturated rings. The number of benzene rings is 1. The lowest BCUT2D eigenvalue weighted by atomic mass is 9.92. The van der Waals surface area contributed by atoms with E-state index in [9.17, 15) is 4.79 Å². The summed E-state index contributed by atoms with van der Waals surface area (Å²) < 4.78 is 11.1. The van der Waals surface area contributed by atoms with Crippen LogP contribution >= 0.6 is 0 Å². The van der Waals surface area contributed by atoms with Crippen LogP contribution in [0.2, 0.25) is 0 Å². The molecule has 6 nitrogen and oxygen atoms in total. The highest BCUT2D eigenvalue weighted by Gasteiger charge is 2.25. The molecule has 1 heterocycles. The normalized spacial score (nSPS) is 19.7. The maximum absolute atomic E-state index is 12.5. The Hall–Kier alpha value is -2.63. The maximum atomic E-state index is 12.5. The first kappa shape index (κ1) is 18.2. The minimum absolute atomic E-state index is 0.00642. The van der Waals surface area contributed by atoms with Gasteiger partial charge in [0, 0.05) is 24.0 Å². The van der Waals surface area contributed by atoms with Gasteiger partial charge in [0.05, 0.1) is 7.11 Å². The average Bonchev–Trinajstić information content (AvgIpc) is 2.66. The van der Waals surface area contributed by atoms with Crippen LogP contribution in [0, 0.1) is 13.8 Å². The van der Waals surface area contributed by atoms with Gasteiger partial charge in [-0.2, -0.15) is 0 Å². The molecule has 1 amide bonds. The van der Waals surface area contributed by atoms with E-state index in [1.807, 2.05) is 32.0 Å². The summed E-state index contributed by atoms with van der Waals surface area (Å²) in [6.07, 6.45) is 6.71. The van der Waals surface area contributed by atoms with Gasteiger partial charge in [0.25, 0.3) is 17.7 Å². The fraction of sp³-hybridized carbons (Fsp3) is 0.450. The van der Waals surface area contributed by atoms with Gasteiger partial charge in [-0.15, -0.1) is 0 Å². The predicted octanol–water partition coefficient (Wildman–Crippen LogP) is 3.22. The first-order chi connectivity index (χ1) is 12.6. The second-order valence-electron chi connectivity index (χ2n) is 6.73. The molecule has 6 heteroatoms. The lowest BCUT2D eigenvalue weighted by Crippen LogP contribution is -2.39. The number of carbonyl (C=O) groups is 1. The number of nitrogens with zero attached hydrogens (tertiary/aromatic N) is 2. The lowest BCUT2D eigenvalue weighted by Gasteiger charge is -2.29. The summed E-state index contributed by atoms with van der Waals surface area (Å²) in [7, 11) is 1.55. The van der Waals surface area contributed by atoms with Crippen molar-refractivity contribution in [3.8, 4) is 11.8 Å². The predicted molar refractivity (Wildman–Crippen MR) is 98.6 cm³/mol. The van der Waals surface area contributed by atoms with Gasteiger partial charge in [0.15, 0.2) is 0 Å². The van der Waals surface area contributed by atoms with E-state index in [1.54, 1.807) is 19.5 Å². The molecule has 1 aromatic carbocycles. The minimum atomic E-state index is -0.00642. The minimum Gasteiger partial charge on any atom is -0.477 e. The lowest BCUT2D eigenvalue weighted by molar-refractivity contribution is 0.0886. The van der Waals surface area contributed by atoms with Crippen molar-refractivity contribution in [1.82, 2.24) is 15.3 Å². The summed E-state index contributed by atoms with van der Waals surface area (Å²) in [5.41, 5.74) is 3.04. The largest absolute Gasteiger partial charge is 0.477 e. The summed E-state index contributed by atoms with van der Waals surface area (Å²) in [6.45, 7) is 4.07. The van der Waals surface area contributed by atoms with Gasteiger partial charge in [0.1, 0.15) is 6.10 Å². The Labute approximate surface area is 154 Å². The Balaban J connectivity index is 1.52. The maximum Gasteiger partial charge on any atom is 0.278 e. The molecule has 0 bridgehead atoms. The molecule has 138 valence electrons. The van der Waals surface area contributed by atoms with Gasteiger partial charge in [-0.05, 0) is 62.8 Å². The summed E-state index contributed by atoms with van der Waals surface area (Å²) in [5, 5.41) is 3.14. The van der Waals surface area contributed by atoms with Crippen molar-refractivity contribution in [3.63, 3.8) is 0 Å². The molecule has 0 saturated heterocycles.